The lowest BCUT2D eigenvalue weighted by molar-refractivity contribution is 0.321. The standard InChI is InChI=1S/C18H22FN3O3S.HI/c1-20-18(22-13-14-5-3-4-6-17(14)19)21-11-12-25-15-7-9-16(10-8-15)26(2,23)24;/h3-10H,11-13H2,1-2H3,(H2,20,21,22);1H. The SMILES string of the molecule is CN=C(NCCOc1ccc(S(C)(=O)=O)cc1)NCc1ccccc1F.I. The lowest BCUT2D eigenvalue weighted by Crippen LogP contribution is -2.39. The Hall–Kier alpha value is -1.88. The molecule has 0 saturated carbocycles. The molecular formula is C18H23FIN3O3S. The molecule has 27 heavy (non-hydrogen) atoms. The van der Waals surface area contributed by atoms with Crippen LogP contribution in [0.15, 0.2) is 58.4 Å². The highest BCUT2D eigenvalue weighted by atomic mass is 127. The minimum Gasteiger partial charge on any atom is -0.492 e. The van der Waals surface area contributed by atoms with Gasteiger partial charge < -0.3 is 15.4 Å². The van der Waals surface area contributed by atoms with E-state index in [1.165, 1.54) is 18.2 Å². The van der Waals surface area contributed by atoms with Crippen LogP contribution in [0.25, 0.3) is 0 Å². The van der Waals surface area contributed by atoms with Crippen molar-refractivity contribution in [3.8, 4) is 5.75 Å². The maximum absolute atomic E-state index is 13.6. The van der Waals surface area contributed by atoms with Crippen LogP contribution in [-0.2, 0) is 16.4 Å². The van der Waals surface area contributed by atoms with E-state index in [1.807, 2.05) is 0 Å². The van der Waals surface area contributed by atoms with Crippen molar-refractivity contribution in [2.75, 3.05) is 26.5 Å². The van der Waals surface area contributed by atoms with Gasteiger partial charge in [0.05, 0.1) is 11.4 Å². The molecule has 0 spiro atoms. The summed E-state index contributed by atoms with van der Waals surface area (Å²) in [5, 5.41) is 6.09. The average Bonchev–Trinajstić information content (AvgIpc) is 2.62. The first-order valence-electron chi connectivity index (χ1n) is 8.01. The van der Waals surface area contributed by atoms with E-state index < -0.39 is 9.84 Å². The van der Waals surface area contributed by atoms with E-state index in [2.05, 4.69) is 15.6 Å². The summed E-state index contributed by atoms with van der Waals surface area (Å²) < 4.78 is 41.9. The van der Waals surface area contributed by atoms with Crippen molar-refractivity contribution in [1.29, 1.82) is 0 Å². The molecule has 2 rings (SSSR count). The molecule has 0 aliphatic rings. The van der Waals surface area contributed by atoms with Gasteiger partial charge in [-0.2, -0.15) is 0 Å². The van der Waals surface area contributed by atoms with E-state index in [1.54, 1.807) is 37.4 Å². The number of benzene rings is 2. The van der Waals surface area contributed by atoms with Crippen molar-refractivity contribution >= 4 is 39.8 Å². The molecule has 2 aromatic carbocycles. The van der Waals surface area contributed by atoms with Gasteiger partial charge in [-0.1, -0.05) is 18.2 Å². The highest BCUT2D eigenvalue weighted by Gasteiger charge is 2.06. The average molecular weight is 507 g/mol. The van der Waals surface area contributed by atoms with Crippen LogP contribution in [0.5, 0.6) is 5.75 Å². The third-order valence-corrected chi connectivity index (χ3v) is 4.67. The highest BCUT2D eigenvalue weighted by Crippen LogP contribution is 2.15. The number of ether oxygens (including phenoxy) is 1. The Kier molecular flexibility index (Phi) is 9.50. The highest BCUT2D eigenvalue weighted by molar-refractivity contribution is 14.0. The van der Waals surface area contributed by atoms with Crippen molar-refractivity contribution in [2.24, 2.45) is 4.99 Å². The van der Waals surface area contributed by atoms with Gasteiger partial charge in [0.1, 0.15) is 18.2 Å². The second-order valence-corrected chi connectivity index (χ2v) is 7.55. The molecule has 6 nitrogen and oxygen atoms in total. The van der Waals surface area contributed by atoms with Gasteiger partial charge in [0, 0.05) is 25.4 Å². The minimum atomic E-state index is -3.21. The monoisotopic (exact) mass is 507 g/mol. The molecule has 0 aliphatic heterocycles. The summed E-state index contributed by atoms with van der Waals surface area (Å²) in [6, 6.07) is 12.8. The van der Waals surface area contributed by atoms with E-state index in [0.29, 0.717) is 37.0 Å². The van der Waals surface area contributed by atoms with Gasteiger partial charge in [0.15, 0.2) is 15.8 Å². The number of nitrogens with zero attached hydrogens (tertiary/aromatic N) is 1. The Balaban J connectivity index is 0.00000364. The van der Waals surface area contributed by atoms with Crippen molar-refractivity contribution in [2.45, 2.75) is 11.4 Å². The predicted octanol–water partition coefficient (Wildman–Crippen LogP) is 2.59. The van der Waals surface area contributed by atoms with Crippen LogP contribution in [-0.4, -0.2) is 40.8 Å². The number of rotatable bonds is 7. The van der Waals surface area contributed by atoms with Gasteiger partial charge in [0.25, 0.3) is 0 Å². The van der Waals surface area contributed by atoms with Crippen LogP contribution in [0.1, 0.15) is 5.56 Å². The molecule has 0 radical (unpaired) electrons. The summed E-state index contributed by atoms with van der Waals surface area (Å²) in [4.78, 5) is 4.32. The molecule has 0 unspecified atom stereocenters. The molecular weight excluding hydrogens is 484 g/mol. The number of hydrogen-bond donors (Lipinski definition) is 2. The van der Waals surface area contributed by atoms with Gasteiger partial charge in [-0.05, 0) is 30.3 Å². The van der Waals surface area contributed by atoms with Gasteiger partial charge in [-0.15, -0.1) is 24.0 Å². The lowest BCUT2D eigenvalue weighted by Gasteiger charge is -2.13. The maximum atomic E-state index is 13.6. The smallest absolute Gasteiger partial charge is 0.191 e. The van der Waals surface area contributed by atoms with E-state index in [0.717, 1.165) is 6.26 Å². The molecule has 9 heteroatoms. The summed E-state index contributed by atoms with van der Waals surface area (Å²) in [5.41, 5.74) is 0.553. The first-order valence-corrected chi connectivity index (χ1v) is 9.90. The number of sulfone groups is 1. The van der Waals surface area contributed by atoms with Crippen molar-refractivity contribution < 1.29 is 17.5 Å². The number of guanidine groups is 1. The Morgan fingerprint density at radius 1 is 1.11 bits per heavy atom. The van der Waals surface area contributed by atoms with Crippen LogP contribution < -0.4 is 15.4 Å². The molecule has 0 bridgehead atoms. The Bertz CT molecular complexity index is 858. The normalized spacial score (nSPS) is 11.4. The van der Waals surface area contributed by atoms with E-state index in [-0.39, 0.29) is 34.7 Å². The van der Waals surface area contributed by atoms with E-state index >= 15 is 0 Å². The summed E-state index contributed by atoms with van der Waals surface area (Å²) in [5.74, 6) is 0.842. The first kappa shape index (κ1) is 23.2. The quantitative estimate of drug-likeness (QED) is 0.261. The number of hydrogen-bond acceptors (Lipinski definition) is 4. The molecule has 2 aromatic rings. The van der Waals surface area contributed by atoms with Crippen LogP contribution in [0.4, 0.5) is 4.39 Å². The second kappa shape index (κ2) is 11.1. The summed E-state index contributed by atoms with van der Waals surface area (Å²) >= 11 is 0. The third kappa shape index (κ3) is 7.71. The maximum Gasteiger partial charge on any atom is 0.191 e. The molecule has 0 aliphatic carbocycles. The molecule has 0 heterocycles. The second-order valence-electron chi connectivity index (χ2n) is 5.54. The predicted molar refractivity (Wildman–Crippen MR) is 115 cm³/mol. The molecule has 148 valence electrons. The van der Waals surface area contributed by atoms with Crippen LogP contribution in [0.3, 0.4) is 0 Å². The van der Waals surface area contributed by atoms with Gasteiger partial charge in [-0.3, -0.25) is 4.99 Å². The fraction of sp³-hybridized carbons (Fsp3) is 0.278. The van der Waals surface area contributed by atoms with Crippen molar-refractivity contribution in [1.82, 2.24) is 10.6 Å². The van der Waals surface area contributed by atoms with Crippen molar-refractivity contribution in [3.63, 3.8) is 0 Å². The third-order valence-electron chi connectivity index (χ3n) is 3.54. The summed E-state index contributed by atoms with van der Waals surface area (Å²) in [6.45, 7) is 1.16. The molecule has 0 fully saturated rings. The molecule has 0 atom stereocenters. The largest absolute Gasteiger partial charge is 0.492 e. The minimum absolute atomic E-state index is 0. The zero-order valence-electron chi connectivity index (χ0n) is 15.1. The number of halogens is 2. The molecule has 0 saturated heterocycles. The fourth-order valence-electron chi connectivity index (χ4n) is 2.16. The topological polar surface area (TPSA) is 79.8 Å². The first-order chi connectivity index (χ1) is 12.4. The lowest BCUT2D eigenvalue weighted by atomic mass is 10.2. The zero-order valence-corrected chi connectivity index (χ0v) is 18.3. The Labute approximate surface area is 176 Å². The summed E-state index contributed by atoms with van der Waals surface area (Å²) in [6.07, 6.45) is 1.16. The van der Waals surface area contributed by atoms with Gasteiger partial charge in [-0.25, -0.2) is 12.8 Å². The molecule has 2 N–H and O–H groups in total. The fourth-order valence-corrected chi connectivity index (χ4v) is 2.79. The zero-order chi connectivity index (χ0) is 19.0. The van der Waals surface area contributed by atoms with Gasteiger partial charge in [0.2, 0.25) is 0 Å². The van der Waals surface area contributed by atoms with Crippen LogP contribution in [0, 0.1) is 5.82 Å². The number of aliphatic imine (C=N–C) groups is 1. The Morgan fingerprint density at radius 2 is 1.78 bits per heavy atom. The molecule has 0 aromatic heterocycles. The summed E-state index contributed by atoms with van der Waals surface area (Å²) in [7, 11) is -1.58. The van der Waals surface area contributed by atoms with E-state index in [9.17, 15) is 12.8 Å². The van der Waals surface area contributed by atoms with Gasteiger partial charge >= 0.3 is 0 Å². The van der Waals surface area contributed by atoms with Crippen LogP contribution >= 0.6 is 24.0 Å². The number of nitrogens with one attached hydrogen (secondary N) is 2. The van der Waals surface area contributed by atoms with Crippen molar-refractivity contribution in [3.05, 3.63) is 59.9 Å². The van der Waals surface area contributed by atoms with E-state index in [4.69, 9.17) is 4.74 Å². The Morgan fingerprint density at radius 3 is 2.37 bits per heavy atom. The van der Waals surface area contributed by atoms with Crippen LogP contribution in [0.2, 0.25) is 0 Å². The molecule has 0 amide bonds.